The Kier molecular flexibility index (Phi) is 6.93. The third-order valence-electron chi connectivity index (χ3n) is 9.16. The molecule has 2 aliphatic heterocycles. The van der Waals surface area contributed by atoms with Gasteiger partial charge in [-0.3, -0.25) is 4.90 Å². The molecule has 1 aromatic heterocycles. The van der Waals surface area contributed by atoms with Gasteiger partial charge in [-0.15, -0.1) is 0 Å². The van der Waals surface area contributed by atoms with Gasteiger partial charge in [-0.2, -0.15) is 9.97 Å². The Morgan fingerprint density at radius 2 is 1.06 bits per heavy atom. The van der Waals surface area contributed by atoms with Crippen LogP contribution in [-0.2, 0) is 9.31 Å². The van der Waals surface area contributed by atoms with Gasteiger partial charge in [0.1, 0.15) is 0 Å². The summed E-state index contributed by atoms with van der Waals surface area (Å²) >= 11 is 0. The average molecular weight is 617 g/mol. The molecular formula is C39H33BN4O3. The molecule has 0 radical (unpaired) electrons. The predicted molar refractivity (Wildman–Crippen MR) is 187 cm³/mol. The van der Waals surface area contributed by atoms with Crippen molar-refractivity contribution < 1.29 is 14.0 Å². The van der Waals surface area contributed by atoms with E-state index >= 15 is 0 Å². The number of ether oxygens (including phenoxy) is 1. The van der Waals surface area contributed by atoms with Crippen LogP contribution in [0.3, 0.4) is 0 Å². The smallest absolute Gasteiger partial charge is 0.453 e. The summed E-state index contributed by atoms with van der Waals surface area (Å²) in [6, 6.07) is 42.5. The third kappa shape index (κ3) is 5.25. The first-order valence-electron chi connectivity index (χ1n) is 15.8. The third-order valence-corrected chi connectivity index (χ3v) is 9.16. The van der Waals surface area contributed by atoms with E-state index in [-0.39, 0.29) is 0 Å². The Balaban J connectivity index is 1.23. The first kappa shape index (κ1) is 29.1. The van der Waals surface area contributed by atoms with Crippen LogP contribution in [0.2, 0.25) is 0 Å². The maximum absolute atomic E-state index is 6.54. The van der Waals surface area contributed by atoms with Crippen molar-refractivity contribution in [2.45, 2.75) is 38.9 Å². The predicted octanol–water partition coefficient (Wildman–Crippen LogP) is 8.75. The van der Waals surface area contributed by atoms with Gasteiger partial charge in [-0.1, -0.05) is 103 Å². The highest BCUT2D eigenvalue weighted by atomic mass is 16.7. The summed E-state index contributed by atoms with van der Waals surface area (Å²) in [5.74, 6) is 3.11. The Hall–Kier alpha value is -5.31. The molecule has 0 unspecified atom stereocenters. The number of rotatable bonds is 5. The lowest BCUT2D eigenvalue weighted by Crippen LogP contribution is -2.41. The molecule has 6 aromatic rings. The Labute approximate surface area is 275 Å². The second kappa shape index (κ2) is 11.2. The Morgan fingerprint density at radius 1 is 0.511 bits per heavy atom. The van der Waals surface area contributed by atoms with Crippen LogP contribution in [0, 0.1) is 0 Å². The maximum Gasteiger partial charge on any atom is 0.494 e. The molecule has 2 aliphatic rings. The normalized spacial score (nSPS) is 15.9. The van der Waals surface area contributed by atoms with Gasteiger partial charge in [0.25, 0.3) is 0 Å². The average Bonchev–Trinajstić information content (AvgIpc) is 3.33. The van der Waals surface area contributed by atoms with E-state index in [1.54, 1.807) is 0 Å². The van der Waals surface area contributed by atoms with Crippen molar-refractivity contribution in [1.29, 1.82) is 0 Å². The van der Waals surface area contributed by atoms with Crippen molar-refractivity contribution in [2.75, 3.05) is 4.90 Å². The van der Waals surface area contributed by atoms with Crippen molar-refractivity contribution in [3.05, 3.63) is 127 Å². The summed E-state index contributed by atoms with van der Waals surface area (Å²) in [4.78, 5) is 17.0. The SMILES string of the molecule is CC1(C)OB(c2cccc(-c3ccc4c(c3)Oc3ccccc3N4c3nc(-c4ccccc4)nc(-c4ccccc4)n3)c2)OC1(C)C. The molecule has 0 amide bonds. The fourth-order valence-corrected chi connectivity index (χ4v) is 5.89. The van der Waals surface area contributed by atoms with Crippen molar-refractivity contribution in [1.82, 2.24) is 15.0 Å². The van der Waals surface area contributed by atoms with Crippen LogP contribution in [0.25, 0.3) is 33.9 Å². The lowest BCUT2D eigenvalue weighted by atomic mass is 9.78. The van der Waals surface area contributed by atoms with Gasteiger partial charge < -0.3 is 14.0 Å². The molecule has 0 saturated carbocycles. The number of nitrogens with zero attached hydrogens (tertiary/aromatic N) is 4. The molecule has 0 spiro atoms. The largest absolute Gasteiger partial charge is 0.494 e. The minimum absolute atomic E-state index is 0.417. The van der Waals surface area contributed by atoms with Crippen LogP contribution < -0.4 is 15.1 Å². The summed E-state index contributed by atoms with van der Waals surface area (Å²) in [5.41, 5.74) is 5.68. The molecule has 1 fully saturated rings. The van der Waals surface area contributed by atoms with E-state index in [1.165, 1.54) is 0 Å². The number of anilines is 3. The van der Waals surface area contributed by atoms with E-state index in [0.717, 1.165) is 39.1 Å². The van der Waals surface area contributed by atoms with E-state index in [9.17, 15) is 0 Å². The van der Waals surface area contributed by atoms with Crippen molar-refractivity contribution in [3.63, 3.8) is 0 Å². The standard InChI is InChI=1S/C39H33BN4O3/c1-38(2)39(3,4)47-40(46-38)30-19-13-18-28(24-30)29-22-23-32-34(25-29)45-33-21-12-11-20-31(33)44(32)37-42-35(26-14-7-5-8-15-26)41-36(43-37)27-16-9-6-10-17-27/h5-25H,1-4H3. The highest BCUT2D eigenvalue weighted by Crippen LogP contribution is 2.50. The van der Waals surface area contributed by atoms with Crippen LogP contribution in [0.5, 0.6) is 11.5 Å². The summed E-state index contributed by atoms with van der Waals surface area (Å²) in [7, 11) is -0.447. The topological polar surface area (TPSA) is 69.6 Å². The van der Waals surface area contributed by atoms with Crippen LogP contribution >= 0.6 is 0 Å². The monoisotopic (exact) mass is 616 g/mol. The molecule has 230 valence electrons. The highest BCUT2D eigenvalue weighted by Gasteiger charge is 2.51. The van der Waals surface area contributed by atoms with Gasteiger partial charge in [0.05, 0.1) is 22.6 Å². The summed E-state index contributed by atoms with van der Waals surface area (Å²) < 4.78 is 19.2. The molecule has 8 rings (SSSR count). The first-order chi connectivity index (χ1) is 22.8. The minimum Gasteiger partial charge on any atom is -0.453 e. The Morgan fingerprint density at radius 3 is 1.72 bits per heavy atom. The second-order valence-corrected chi connectivity index (χ2v) is 12.8. The number of hydrogen-bond acceptors (Lipinski definition) is 7. The summed E-state index contributed by atoms with van der Waals surface area (Å²) in [5, 5.41) is 0. The molecule has 1 saturated heterocycles. The quantitative estimate of drug-likeness (QED) is 0.179. The van der Waals surface area contributed by atoms with Gasteiger partial charge in [0.15, 0.2) is 23.1 Å². The molecule has 47 heavy (non-hydrogen) atoms. The lowest BCUT2D eigenvalue weighted by Gasteiger charge is -2.32. The molecule has 8 heteroatoms. The first-order valence-corrected chi connectivity index (χ1v) is 15.8. The minimum atomic E-state index is -0.447. The molecular weight excluding hydrogens is 583 g/mol. The number of aromatic nitrogens is 3. The zero-order chi connectivity index (χ0) is 32.2. The van der Waals surface area contributed by atoms with Gasteiger partial charge in [0.2, 0.25) is 5.95 Å². The fraction of sp³-hybridized carbons (Fsp3) is 0.154. The van der Waals surface area contributed by atoms with E-state index in [2.05, 4.69) is 62.9 Å². The molecule has 5 aromatic carbocycles. The van der Waals surface area contributed by atoms with Gasteiger partial charge in [-0.25, -0.2) is 4.98 Å². The van der Waals surface area contributed by atoms with E-state index in [0.29, 0.717) is 29.1 Å². The van der Waals surface area contributed by atoms with E-state index < -0.39 is 18.3 Å². The Bertz CT molecular complexity index is 2030. The zero-order valence-electron chi connectivity index (χ0n) is 26.7. The summed E-state index contributed by atoms with van der Waals surface area (Å²) in [6.07, 6.45) is 0. The van der Waals surface area contributed by atoms with Crippen molar-refractivity contribution in [3.8, 4) is 45.4 Å². The van der Waals surface area contributed by atoms with E-state index in [1.807, 2.05) is 97.1 Å². The molecule has 0 N–H and O–H groups in total. The van der Waals surface area contributed by atoms with Gasteiger partial charge in [-0.05, 0) is 68.6 Å². The molecule has 0 atom stereocenters. The maximum atomic E-state index is 6.54. The molecule has 7 nitrogen and oxygen atoms in total. The lowest BCUT2D eigenvalue weighted by molar-refractivity contribution is 0.00578. The summed E-state index contributed by atoms with van der Waals surface area (Å²) in [6.45, 7) is 8.28. The fourth-order valence-electron chi connectivity index (χ4n) is 5.89. The number of hydrogen-bond donors (Lipinski definition) is 0. The zero-order valence-corrected chi connectivity index (χ0v) is 26.7. The second-order valence-electron chi connectivity index (χ2n) is 12.8. The van der Waals surface area contributed by atoms with Crippen LogP contribution in [-0.4, -0.2) is 33.3 Å². The van der Waals surface area contributed by atoms with Crippen molar-refractivity contribution in [2.24, 2.45) is 0 Å². The van der Waals surface area contributed by atoms with E-state index in [4.69, 9.17) is 29.0 Å². The number of benzene rings is 5. The van der Waals surface area contributed by atoms with Gasteiger partial charge >= 0.3 is 7.12 Å². The highest BCUT2D eigenvalue weighted by molar-refractivity contribution is 6.62. The van der Waals surface area contributed by atoms with Crippen molar-refractivity contribution >= 4 is 29.9 Å². The number of fused-ring (bicyclic) bond motifs is 2. The molecule has 0 aliphatic carbocycles. The van der Waals surface area contributed by atoms with Crippen LogP contribution in [0.1, 0.15) is 27.7 Å². The van der Waals surface area contributed by atoms with Gasteiger partial charge in [0, 0.05) is 11.1 Å². The number of para-hydroxylation sites is 2. The molecule has 3 heterocycles. The van der Waals surface area contributed by atoms with Crippen LogP contribution in [0.4, 0.5) is 17.3 Å². The molecule has 0 bridgehead atoms. The van der Waals surface area contributed by atoms with Crippen LogP contribution in [0.15, 0.2) is 127 Å².